The first-order valence-corrected chi connectivity index (χ1v) is 4.92. The number of nitrogens with two attached hydrogens (primary N) is 1. The molecule has 1 rings (SSSR count). The smallest absolute Gasteiger partial charge is 0.0343 e. The molecule has 1 fully saturated rings. The van der Waals surface area contributed by atoms with Gasteiger partial charge in [0.2, 0.25) is 0 Å². The van der Waals surface area contributed by atoms with E-state index in [4.69, 9.17) is 5.73 Å². The summed E-state index contributed by atoms with van der Waals surface area (Å²) in [6.07, 6.45) is 7.38. The summed E-state index contributed by atoms with van der Waals surface area (Å²) in [5.41, 5.74) is 9.56. The fraction of sp³-hybridized carbons (Fsp3) is 0.500. The molecule has 13 heavy (non-hydrogen) atoms. The SMILES string of the molecule is C=C/C=C(N)\C(C)=C1/CCC(C)C1. The molecule has 0 aromatic heterocycles. The molecule has 0 radical (unpaired) electrons. The van der Waals surface area contributed by atoms with Gasteiger partial charge in [-0.25, -0.2) is 0 Å². The molecule has 0 heterocycles. The summed E-state index contributed by atoms with van der Waals surface area (Å²) in [7, 11) is 0. The maximum absolute atomic E-state index is 5.88. The Bertz CT molecular complexity index is 258. The summed E-state index contributed by atoms with van der Waals surface area (Å²) in [6.45, 7) is 8.06. The Kier molecular flexibility index (Phi) is 3.35. The molecule has 1 heteroatoms. The first-order chi connectivity index (χ1) is 6.15. The number of rotatable bonds is 2. The van der Waals surface area contributed by atoms with E-state index >= 15 is 0 Å². The molecule has 2 N–H and O–H groups in total. The van der Waals surface area contributed by atoms with Gasteiger partial charge in [-0.1, -0.05) is 25.2 Å². The van der Waals surface area contributed by atoms with Crippen LogP contribution in [0.4, 0.5) is 0 Å². The van der Waals surface area contributed by atoms with Crippen LogP contribution >= 0.6 is 0 Å². The fourth-order valence-electron chi connectivity index (χ4n) is 1.84. The molecule has 0 amide bonds. The van der Waals surface area contributed by atoms with Crippen LogP contribution in [-0.2, 0) is 0 Å². The second kappa shape index (κ2) is 4.31. The van der Waals surface area contributed by atoms with Crippen LogP contribution in [0.3, 0.4) is 0 Å². The Morgan fingerprint density at radius 3 is 2.77 bits per heavy atom. The lowest BCUT2D eigenvalue weighted by molar-refractivity contribution is 0.620. The lowest BCUT2D eigenvalue weighted by Crippen LogP contribution is -2.00. The van der Waals surface area contributed by atoms with Crippen LogP contribution in [0.25, 0.3) is 0 Å². The van der Waals surface area contributed by atoms with Gasteiger partial charge in [-0.3, -0.25) is 0 Å². The van der Waals surface area contributed by atoms with Gasteiger partial charge in [0.25, 0.3) is 0 Å². The molecule has 1 aliphatic carbocycles. The van der Waals surface area contributed by atoms with Crippen LogP contribution in [-0.4, -0.2) is 0 Å². The fourth-order valence-corrected chi connectivity index (χ4v) is 1.84. The van der Waals surface area contributed by atoms with Gasteiger partial charge in [-0.05, 0) is 43.8 Å². The predicted molar refractivity (Wildman–Crippen MR) is 58.2 cm³/mol. The van der Waals surface area contributed by atoms with Crippen molar-refractivity contribution in [2.45, 2.75) is 33.1 Å². The van der Waals surface area contributed by atoms with E-state index in [-0.39, 0.29) is 0 Å². The topological polar surface area (TPSA) is 26.0 Å². The number of hydrogen-bond acceptors (Lipinski definition) is 1. The summed E-state index contributed by atoms with van der Waals surface area (Å²) in [5, 5.41) is 0. The van der Waals surface area contributed by atoms with E-state index < -0.39 is 0 Å². The standard InChI is InChI=1S/C12H19N/c1-4-5-12(13)10(3)11-7-6-9(2)8-11/h4-5,9H,1,6-8,13H2,2-3H3/b11-10+,12-5+. The zero-order valence-corrected chi connectivity index (χ0v) is 8.64. The van der Waals surface area contributed by atoms with Crippen molar-refractivity contribution in [1.29, 1.82) is 0 Å². The molecule has 1 nitrogen and oxygen atoms in total. The van der Waals surface area contributed by atoms with E-state index in [0.717, 1.165) is 11.6 Å². The van der Waals surface area contributed by atoms with Crippen molar-refractivity contribution in [3.63, 3.8) is 0 Å². The van der Waals surface area contributed by atoms with Gasteiger partial charge in [0, 0.05) is 5.70 Å². The predicted octanol–water partition coefficient (Wildman–Crippen LogP) is 3.15. The first-order valence-electron chi connectivity index (χ1n) is 4.92. The molecule has 1 saturated carbocycles. The second-order valence-corrected chi connectivity index (χ2v) is 3.93. The minimum Gasteiger partial charge on any atom is -0.399 e. The summed E-state index contributed by atoms with van der Waals surface area (Å²) in [5.74, 6) is 0.835. The minimum atomic E-state index is 0.835. The molecule has 0 aliphatic heterocycles. The van der Waals surface area contributed by atoms with Crippen LogP contribution in [0.15, 0.2) is 35.6 Å². The van der Waals surface area contributed by atoms with Crippen molar-refractivity contribution in [3.05, 3.63) is 35.6 Å². The lowest BCUT2D eigenvalue weighted by Gasteiger charge is -2.05. The molecule has 0 aromatic rings. The summed E-state index contributed by atoms with van der Waals surface area (Å²) < 4.78 is 0. The Hall–Kier alpha value is -0.980. The second-order valence-electron chi connectivity index (χ2n) is 3.93. The largest absolute Gasteiger partial charge is 0.399 e. The molecule has 0 bridgehead atoms. The van der Waals surface area contributed by atoms with Crippen LogP contribution in [0.5, 0.6) is 0 Å². The van der Waals surface area contributed by atoms with Gasteiger partial charge in [0.15, 0.2) is 0 Å². The Labute approximate surface area is 81.0 Å². The van der Waals surface area contributed by atoms with Crippen molar-refractivity contribution < 1.29 is 0 Å². The summed E-state index contributed by atoms with van der Waals surface area (Å²) in [6, 6.07) is 0. The maximum Gasteiger partial charge on any atom is 0.0343 e. The summed E-state index contributed by atoms with van der Waals surface area (Å²) >= 11 is 0. The molecule has 1 aliphatic rings. The molecular formula is C12H19N. The molecular weight excluding hydrogens is 158 g/mol. The molecule has 1 atom stereocenters. The Morgan fingerprint density at radius 2 is 2.31 bits per heavy atom. The van der Waals surface area contributed by atoms with E-state index in [1.165, 1.54) is 30.4 Å². The highest BCUT2D eigenvalue weighted by Gasteiger charge is 2.17. The van der Waals surface area contributed by atoms with E-state index in [9.17, 15) is 0 Å². The average molecular weight is 177 g/mol. The van der Waals surface area contributed by atoms with Crippen molar-refractivity contribution in [2.24, 2.45) is 11.7 Å². The monoisotopic (exact) mass is 177 g/mol. The highest BCUT2D eigenvalue weighted by atomic mass is 14.6. The van der Waals surface area contributed by atoms with E-state index in [1.54, 1.807) is 6.08 Å². The first kappa shape index (κ1) is 10.1. The highest BCUT2D eigenvalue weighted by Crippen LogP contribution is 2.32. The lowest BCUT2D eigenvalue weighted by atomic mass is 10.0. The van der Waals surface area contributed by atoms with Crippen LogP contribution in [0, 0.1) is 5.92 Å². The highest BCUT2D eigenvalue weighted by molar-refractivity contribution is 5.34. The van der Waals surface area contributed by atoms with Gasteiger partial charge in [0.05, 0.1) is 0 Å². The van der Waals surface area contributed by atoms with Gasteiger partial charge in [-0.15, -0.1) is 0 Å². The van der Waals surface area contributed by atoms with Crippen LogP contribution in [0.1, 0.15) is 33.1 Å². The van der Waals surface area contributed by atoms with Crippen molar-refractivity contribution in [1.82, 2.24) is 0 Å². The third kappa shape index (κ3) is 2.48. The molecule has 0 saturated heterocycles. The quantitative estimate of drug-likeness (QED) is 0.644. The number of hydrogen-bond donors (Lipinski definition) is 1. The molecule has 0 spiro atoms. The molecule has 1 unspecified atom stereocenters. The normalized spacial score (nSPS) is 27.5. The minimum absolute atomic E-state index is 0.835. The zero-order chi connectivity index (χ0) is 9.84. The van der Waals surface area contributed by atoms with Crippen LogP contribution in [0.2, 0.25) is 0 Å². The van der Waals surface area contributed by atoms with Gasteiger partial charge < -0.3 is 5.73 Å². The van der Waals surface area contributed by atoms with Gasteiger partial charge in [0.1, 0.15) is 0 Å². The van der Waals surface area contributed by atoms with Crippen LogP contribution < -0.4 is 5.73 Å². The van der Waals surface area contributed by atoms with Crippen molar-refractivity contribution in [2.75, 3.05) is 0 Å². The molecule has 72 valence electrons. The van der Waals surface area contributed by atoms with E-state index in [2.05, 4.69) is 20.4 Å². The summed E-state index contributed by atoms with van der Waals surface area (Å²) in [4.78, 5) is 0. The number of allylic oxidation sites excluding steroid dienone is 4. The van der Waals surface area contributed by atoms with Crippen molar-refractivity contribution >= 4 is 0 Å². The third-order valence-corrected chi connectivity index (χ3v) is 2.79. The van der Waals surface area contributed by atoms with E-state index in [0.29, 0.717) is 0 Å². The Morgan fingerprint density at radius 1 is 1.62 bits per heavy atom. The zero-order valence-electron chi connectivity index (χ0n) is 8.64. The van der Waals surface area contributed by atoms with Crippen molar-refractivity contribution in [3.8, 4) is 0 Å². The van der Waals surface area contributed by atoms with E-state index in [1.807, 2.05) is 6.08 Å². The average Bonchev–Trinajstić information content (AvgIpc) is 2.51. The maximum atomic E-state index is 5.88. The van der Waals surface area contributed by atoms with Gasteiger partial charge >= 0.3 is 0 Å². The third-order valence-electron chi connectivity index (χ3n) is 2.79. The van der Waals surface area contributed by atoms with Gasteiger partial charge in [-0.2, -0.15) is 0 Å². The molecule has 0 aromatic carbocycles. The Balaban J connectivity index is 2.80.